The van der Waals surface area contributed by atoms with Crippen LogP contribution in [0.1, 0.15) is 40.6 Å². The fourth-order valence-electron chi connectivity index (χ4n) is 3.34. The molecule has 2 unspecified atom stereocenters. The molecule has 0 bridgehead atoms. The lowest BCUT2D eigenvalue weighted by molar-refractivity contribution is 0.284. The summed E-state index contributed by atoms with van der Waals surface area (Å²) in [5, 5.41) is 9.26. The highest BCUT2D eigenvalue weighted by Gasteiger charge is 2.63. The van der Waals surface area contributed by atoms with Crippen molar-refractivity contribution in [2.45, 2.75) is 39.7 Å². The molecular formula is C12H16OS. The highest BCUT2D eigenvalue weighted by molar-refractivity contribution is 7.12. The molecule has 2 aliphatic rings. The van der Waals surface area contributed by atoms with Gasteiger partial charge in [-0.15, -0.1) is 11.3 Å². The first-order valence-electron chi connectivity index (χ1n) is 5.29. The molecule has 1 nitrogen and oxygen atoms in total. The molecule has 2 atom stereocenters. The average molecular weight is 208 g/mol. The van der Waals surface area contributed by atoms with E-state index in [4.69, 9.17) is 0 Å². The second kappa shape index (κ2) is 2.42. The number of hydrogen-bond acceptors (Lipinski definition) is 2. The van der Waals surface area contributed by atoms with Crippen molar-refractivity contribution in [1.29, 1.82) is 0 Å². The van der Waals surface area contributed by atoms with E-state index >= 15 is 0 Å². The maximum absolute atomic E-state index is 9.26. The predicted molar refractivity (Wildman–Crippen MR) is 58.7 cm³/mol. The third-order valence-electron chi connectivity index (χ3n) is 4.25. The highest BCUT2D eigenvalue weighted by atomic mass is 32.1. The van der Waals surface area contributed by atoms with E-state index < -0.39 is 0 Å². The third-order valence-corrected chi connectivity index (χ3v) is 5.39. The summed E-state index contributed by atoms with van der Waals surface area (Å²) in [6.07, 6.45) is 1.22. The Balaban J connectivity index is 2.11. The first kappa shape index (κ1) is 8.93. The van der Waals surface area contributed by atoms with Gasteiger partial charge in [-0.05, 0) is 41.7 Å². The lowest BCUT2D eigenvalue weighted by Gasteiger charge is -2.09. The molecule has 0 spiro atoms. The Hall–Kier alpha value is -0.340. The van der Waals surface area contributed by atoms with Crippen LogP contribution in [0.5, 0.6) is 0 Å². The van der Waals surface area contributed by atoms with Crippen molar-refractivity contribution in [3.05, 3.63) is 20.9 Å². The summed E-state index contributed by atoms with van der Waals surface area (Å²) < 4.78 is 0. The number of thiophene rings is 1. The molecule has 0 aliphatic heterocycles. The summed E-state index contributed by atoms with van der Waals surface area (Å²) in [6, 6.07) is 0. The molecule has 0 amide bonds. The summed E-state index contributed by atoms with van der Waals surface area (Å²) >= 11 is 1.80. The van der Waals surface area contributed by atoms with E-state index in [1.807, 2.05) is 0 Å². The van der Waals surface area contributed by atoms with E-state index in [0.29, 0.717) is 5.41 Å². The number of aliphatic hydroxyl groups excluding tert-OH is 1. The van der Waals surface area contributed by atoms with Crippen LogP contribution in [0.25, 0.3) is 0 Å². The normalized spacial score (nSPS) is 31.4. The largest absolute Gasteiger partial charge is 0.391 e. The van der Waals surface area contributed by atoms with Crippen LogP contribution in [0.15, 0.2) is 0 Å². The zero-order valence-electron chi connectivity index (χ0n) is 8.92. The van der Waals surface area contributed by atoms with Gasteiger partial charge < -0.3 is 5.11 Å². The molecule has 1 saturated carbocycles. The van der Waals surface area contributed by atoms with Crippen molar-refractivity contribution in [2.24, 2.45) is 11.3 Å². The third kappa shape index (κ3) is 0.842. The molecular weight excluding hydrogens is 192 g/mol. The second-order valence-corrected chi connectivity index (χ2v) is 6.55. The summed E-state index contributed by atoms with van der Waals surface area (Å²) in [4.78, 5) is 2.67. The highest BCUT2D eigenvalue weighted by Crippen LogP contribution is 2.71. The lowest BCUT2D eigenvalue weighted by atomic mass is 9.95. The summed E-state index contributed by atoms with van der Waals surface area (Å²) in [5.41, 5.74) is 3.62. The lowest BCUT2D eigenvalue weighted by Crippen LogP contribution is -2.00. The molecule has 1 fully saturated rings. The molecule has 0 radical (unpaired) electrons. The van der Waals surface area contributed by atoms with E-state index in [9.17, 15) is 5.11 Å². The Morgan fingerprint density at radius 3 is 2.86 bits per heavy atom. The van der Waals surface area contributed by atoms with Gasteiger partial charge in [-0.25, -0.2) is 0 Å². The quantitative estimate of drug-likeness (QED) is 0.752. The molecule has 1 heterocycles. The van der Waals surface area contributed by atoms with Crippen LogP contribution in [-0.4, -0.2) is 5.11 Å². The molecule has 1 aromatic heterocycles. The minimum Gasteiger partial charge on any atom is -0.391 e. The molecule has 76 valence electrons. The van der Waals surface area contributed by atoms with Gasteiger partial charge in [-0.3, -0.25) is 0 Å². The molecule has 1 N–H and O–H groups in total. The minimum absolute atomic E-state index is 0.237. The molecule has 3 rings (SSSR count). The van der Waals surface area contributed by atoms with Crippen LogP contribution in [0.2, 0.25) is 0 Å². The van der Waals surface area contributed by atoms with Gasteiger partial charge in [0.15, 0.2) is 0 Å². The van der Waals surface area contributed by atoms with E-state index in [1.54, 1.807) is 16.9 Å². The Morgan fingerprint density at radius 2 is 2.21 bits per heavy atom. The summed E-state index contributed by atoms with van der Waals surface area (Å²) in [7, 11) is 0. The monoisotopic (exact) mass is 208 g/mol. The van der Waals surface area contributed by atoms with Crippen molar-refractivity contribution in [3.63, 3.8) is 0 Å². The Kier molecular flexibility index (Phi) is 1.54. The Bertz CT molecular complexity index is 403. The number of rotatable bonds is 1. The second-order valence-electron chi connectivity index (χ2n) is 5.24. The Morgan fingerprint density at radius 1 is 1.50 bits per heavy atom. The first-order valence-corrected chi connectivity index (χ1v) is 6.11. The summed E-state index contributed by atoms with van der Waals surface area (Å²) in [6.45, 7) is 7.20. The van der Waals surface area contributed by atoms with E-state index in [-0.39, 0.29) is 6.61 Å². The van der Waals surface area contributed by atoms with E-state index in [2.05, 4.69) is 20.8 Å². The first-order chi connectivity index (χ1) is 6.57. The number of aliphatic hydroxyl groups is 1. The average Bonchev–Trinajstić information content (AvgIpc) is 2.56. The Labute approximate surface area is 88.8 Å². The van der Waals surface area contributed by atoms with Gasteiger partial charge in [0.2, 0.25) is 0 Å². The van der Waals surface area contributed by atoms with Crippen molar-refractivity contribution in [2.75, 3.05) is 0 Å². The SMILES string of the molecule is Cc1sc(CO)c2c1C1C(C2)C1(C)C. The van der Waals surface area contributed by atoms with Gasteiger partial charge >= 0.3 is 0 Å². The molecule has 1 aromatic rings. The maximum Gasteiger partial charge on any atom is 0.0777 e. The van der Waals surface area contributed by atoms with Crippen LogP contribution >= 0.6 is 11.3 Å². The molecule has 14 heavy (non-hydrogen) atoms. The van der Waals surface area contributed by atoms with Gasteiger partial charge in [0.1, 0.15) is 0 Å². The van der Waals surface area contributed by atoms with Gasteiger partial charge in [-0.1, -0.05) is 13.8 Å². The summed E-state index contributed by atoms with van der Waals surface area (Å²) in [5.74, 6) is 1.67. The van der Waals surface area contributed by atoms with Crippen LogP contribution < -0.4 is 0 Å². The van der Waals surface area contributed by atoms with Crippen molar-refractivity contribution in [3.8, 4) is 0 Å². The molecule has 0 saturated heterocycles. The van der Waals surface area contributed by atoms with Crippen molar-refractivity contribution < 1.29 is 5.11 Å². The van der Waals surface area contributed by atoms with Crippen LogP contribution in [0.3, 0.4) is 0 Å². The van der Waals surface area contributed by atoms with E-state index in [0.717, 1.165) is 11.8 Å². The van der Waals surface area contributed by atoms with E-state index in [1.165, 1.54) is 21.7 Å². The maximum atomic E-state index is 9.26. The molecule has 2 aliphatic carbocycles. The van der Waals surface area contributed by atoms with Crippen molar-refractivity contribution in [1.82, 2.24) is 0 Å². The fraction of sp³-hybridized carbons (Fsp3) is 0.667. The zero-order valence-corrected chi connectivity index (χ0v) is 9.74. The van der Waals surface area contributed by atoms with Gasteiger partial charge in [0, 0.05) is 9.75 Å². The molecule has 0 aromatic carbocycles. The van der Waals surface area contributed by atoms with Crippen molar-refractivity contribution >= 4 is 11.3 Å². The smallest absolute Gasteiger partial charge is 0.0777 e. The van der Waals surface area contributed by atoms with Gasteiger partial charge in [0.05, 0.1) is 6.61 Å². The molecule has 2 heteroatoms. The predicted octanol–water partition coefficient (Wildman–Crippen LogP) is 2.84. The minimum atomic E-state index is 0.237. The number of hydrogen-bond donors (Lipinski definition) is 1. The zero-order chi connectivity index (χ0) is 10.1. The van der Waals surface area contributed by atoms with Crippen LogP contribution in [-0.2, 0) is 13.0 Å². The fourth-order valence-corrected chi connectivity index (χ4v) is 4.45. The standard InChI is InChI=1S/C12H16OS/c1-6-10-7(9(5-13)14-6)4-8-11(10)12(8,2)3/h8,11,13H,4-5H2,1-3H3. The van der Waals surface area contributed by atoms with Gasteiger partial charge in [-0.2, -0.15) is 0 Å². The van der Waals surface area contributed by atoms with Crippen LogP contribution in [0.4, 0.5) is 0 Å². The number of aryl methyl sites for hydroxylation is 1. The van der Waals surface area contributed by atoms with Gasteiger partial charge in [0.25, 0.3) is 0 Å². The van der Waals surface area contributed by atoms with Crippen LogP contribution in [0, 0.1) is 18.3 Å². The number of fused-ring (bicyclic) bond motifs is 3. The topological polar surface area (TPSA) is 20.2 Å².